The van der Waals surface area contributed by atoms with Gasteiger partial charge in [0.15, 0.2) is 0 Å². The predicted octanol–water partition coefficient (Wildman–Crippen LogP) is 1.45. The average Bonchev–Trinajstić information content (AvgIpc) is 1.25. The van der Waals surface area contributed by atoms with Crippen molar-refractivity contribution in [3.63, 3.8) is 0 Å². The van der Waals surface area contributed by atoms with Gasteiger partial charge in [0.1, 0.15) is 0 Å². The molecular formula is C5H12NOReS-. The molecule has 1 radical (unpaired) electrons. The van der Waals surface area contributed by atoms with Gasteiger partial charge in [-0.05, 0) is 6.26 Å². The fraction of sp³-hybridized carbons (Fsp3) is 1.00. The summed E-state index contributed by atoms with van der Waals surface area (Å²) < 4.78 is 19.2. The predicted molar refractivity (Wildman–Crippen MR) is 37.2 cm³/mol. The smallest absolute Gasteiger partial charge is 0.0110 e. The second kappa shape index (κ2) is 3.14. The first-order valence-electron chi connectivity index (χ1n) is 2.46. The average molecular weight is 320 g/mol. The molecule has 0 spiro atoms. The Labute approximate surface area is 71.0 Å². The number of hydrogen-bond acceptors (Lipinski definition) is 1. The van der Waals surface area contributed by atoms with Crippen LogP contribution in [0.5, 0.6) is 0 Å². The zero-order valence-electron chi connectivity index (χ0n) is 6.14. The van der Waals surface area contributed by atoms with Crippen LogP contribution in [-0.2, 0) is 30.2 Å². The van der Waals surface area contributed by atoms with E-state index < -0.39 is 14.5 Å². The monoisotopic (exact) mass is 321 g/mol. The van der Waals surface area contributed by atoms with E-state index in [0.29, 0.717) is 0 Å². The van der Waals surface area contributed by atoms with Gasteiger partial charge in [-0.2, -0.15) is 0 Å². The Morgan fingerprint density at radius 2 is 1.44 bits per heavy atom. The second-order valence-corrected chi connectivity index (χ2v) is 5.74. The zero-order valence-corrected chi connectivity index (χ0v) is 9.67. The van der Waals surface area contributed by atoms with Gasteiger partial charge in [-0.3, -0.25) is 4.21 Å². The first-order valence-corrected chi connectivity index (χ1v) is 4.38. The molecule has 9 heavy (non-hydrogen) atoms. The van der Waals surface area contributed by atoms with E-state index in [9.17, 15) is 4.21 Å². The summed E-state index contributed by atoms with van der Waals surface area (Å²) in [6, 6.07) is 0. The molecule has 0 aromatic rings. The Balaban J connectivity index is 0. The summed E-state index contributed by atoms with van der Waals surface area (Å²) in [6.45, 7) is 5.24. The molecule has 0 saturated heterocycles. The van der Waals surface area contributed by atoms with Crippen molar-refractivity contribution in [2.75, 3.05) is 6.26 Å². The van der Waals surface area contributed by atoms with Crippen molar-refractivity contribution in [3.8, 4) is 0 Å². The molecule has 0 aromatic carbocycles. The van der Waals surface area contributed by atoms with Gasteiger partial charge in [0, 0.05) is 25.2 Å². The first kappa shape index (κ1) is 12.3. The molecule has 0 N–H and O–H groups in total. The zero-order chi connectivity index (χ0) is 7.00. The van der Waals surface area contributed by atoms with E-state index in [-0.39, 0.29) is 20.4 Å². The van der Waals surface area contributed by atoms with Crippen LogP contribution in [-0.4, -0.2) is 15.2 Å². The minimum atomic E-state index is -2.59. The first-order chi connectivity index (χ1) is 3.25. The summed E-state index contributed by atoms with van der Waals surface area (Å²) in [7, 11) is -2.59. The van der Waals surface area contributed by atoms with E-state index in [1.54, 1.807) is 20.8 Å². The van der Waals surface area contributed by atoms with Crippen molar-refractivity contribution in [2.24, 2.45) is 0 Å². The molecule has 0 aliphatic heterocycles. The molecule has 57 valence electrons. The van der Waals surface area contributed by atoms with Crippen molar-refractivity contribution in [1.29, 1.82) is 0 Å². The summed E-state index contributed by atoms with van der Waals surface area (Å²) in [5.41, 5.74) is 0. The van der Waals surface area contributed by atoms with Gasteiger partial charge >= 0.3 is 0 Å². The molecule has 4 heteroatoms. The van der Waals surface area contributed by atoms with E-state index >= 15 is 0 Å². The maximum Gasteiger partial charge on any atom is 0.0110 e. The van der Waals surface area contributed by atoms with Crippen molar-refractivity contribution in [3.05, 3.63) is 4.78 Å². The molecule has 0 saturated carbocycles. The van der Waals surface area contributed by atoms with Crippen molar-refractivity contribution in [2.45, 2.75) is 25.5 Å². The van der Waals surface area contributed by atoms with Gasteiger partial charge in [-0.15, -0.1) is 9.73 Å². The van der Waals surface area contributed by atoms with Gasteiger partial charge in [0.25, 0.3) is 0 Å². The van der Waals surface area contributed by atoms with Crippen molar-refractivity contribution < 1.29 is 24.6 Å². The summed E-state index contributed by atoms with van der Waals surface area (Å²) in [5, 5.41) is 0. The van der Waals surface area contributed by atoms with Gasteiger partial charge in [0.2, 0.25) is 0 Å². The molecule has 2 nitrogen and oxygen atoms in total. The van der Waals surface area contributed by atoms with Crippen LogP contribution in [0.3, 0.4) is 0 Å². The largest absolute Gasteiger partial charge is 0.751 e. The summed E-state index contributed by atoms with van der Waals surface area (Å²) >= 11 is 0. The normalized spacial score (nSPS) is 17.8. The third-order valence-electron chi connectivity index (χ3n) is 1.14. The Morgan fingerprint density at radius 1 is 1.33 bits per heavy atom. The fourth-order valence-corrected chi connectivity index (χ4v) is 0. The van der Waals surface area contributed by atoms with E-state index in [1.807, 2.05) is 0 Å². The summed E-state index contributed by atoms with van der Waals surface area (Å²) in [6.07, 6.45) is 1.35. The standard InChI is InChI=1S/C5H12NOS.Re/c1-5(2,3)8(4,6)7;/h1-4H3;/q-1;. The molecule has 0 rings (SSSR count). The van der Waals surface area contributed by atoms with E-state index in [2.05, 4.69) is 0 Å². The van der Waals surface area contributed by atoms with E-state index in [1.165, 1.54) is 6.26 Å². The molecule has 1 unspecified atom stereocenters. The molecule has 0 aliphatic rings. The van der Waals surface area contributed by atoms with Crippen LogP contribution in [0.1, 0.15) is 20.8 Å². The van der Waals surface area contributed by atoms with Crippen LogP contribution in [0.25, 0.3) is 4.78 Å². The minimum absolute atomic E-state index is 0. The van der Waals surface area contributed by atoms with Crippen LogP contribution in [0, 0.1) is 0 Å². The van der Waals surface area contributed by atoms with Gasteiger partial charge < -0.3 is 4.78 Å². The molecular weight excluding hydrogens is 308 g/mol. The molecule has 0 bridgehead atoms. The van der Waals surface area contributed by atoms with Crippen LogP contribution < -0.4 is 0 Å². The molecule has 0 amide bonds. The minimum Gasteiger partial charge on any atom is -0.751 e. The Bertz CT molecular complexity index is 166. The number of rotatable bonds is 0. The van der Waals surface area contributed by atoms with Crippen LogP contribution in [0.2, 0.25) is 0 Å². The van der Waals surface area contributed by atoms with Gasteiger partial charge in [0.05, 0.1) is 0 Å². The third kappa shape index (κ3) is 4.08. The molecule has 1 atom stereocenters. The molecule has 0 aliphatic carbocycles. The van der Waals surface area contributed by atoms with Crippen LogP contribution in [0.15, 0.2) is 0 Å². The van der Waals surface area contributed by atoms with Crippen molar-refractivity contribution >= 4 is 9.73 Å². The molecule has 0 fully saturated rings. The van der Waals surface area contributed by atoms with E-state index in [0.717, 1.165) is 0 Å². The van der Waals surface area contributed by atoms with E-state index in [4.69, 9.17) is 4.78 Å². The maximum absolute atomic E-state index is 10.8. The van der Waals surface area contributed by atoms with Crippen LogP contribution >= 0.6 is 0 Å². The quantitative estimate of drug-likeness (QED) is 0.666. The molecule has 0 aromatic heterocycles. The Morgan fingerprint density at radius 3 is 1.44 bits per heavy atom. The number of hydrogen-bond donors (Lipinski definition) is 0. The van der Waals surface area contributed by atoms with Gasteiger partial charge in [-0.25, -0.2) is 0 Å². The molecule has 0 heterocycles. The van der Waals surface area contributed by atoms with Crippen molar-refractivity contribution in [1.82, 2.24) is 0 Å². The second-order valence-electron chi connectivity index (χ2n) is 2.91. The fourth-order valence-electron chi connectivity index (χ4n) is 0. The summed E-state index contributed by atoms with van der Waals surface area (Å²) in [5.74, 6) is 0. The number of nitrogens with zero attached hydrogens (tertiary/aromatic N) is 1. The third-order valence-corrected chi connectivity index (χ3v) is 3.41. The van der Waals surface area contributed by atoms with Gasteiger partial charge in [-0.1, -0.05) is 20.8 Å². The van der Waals surface area contributed by atoms with Crippen LogP contribution in [0.4, 0.5) is 0 Å². The summed E-state index contributed by atoms with van der Waals surface area (Å²) in [4.78, 5) is 0. The Hall–Kier alpha value is 0.612. The Kier molecular flexibility index (Phi) is 4.29. The SMILES string of the molecule is CC(C)(C)S(C)(=[N-])=O.[Re]. The maximum atomic E-state index is 10.8. The topological polar surface area (TPSA) is 39.4 Å².